The van der Waals surface area contributed by atoms with Crippen molar-refractivity contribution in [1.29, 1.82) is 0 Å². The Labute approximate surface area is 110 Å². The largest absolute Gasteiger partial charge is 0.467 e. The highest BCUT2D eigenvalue weighted by atomic mass is 19.3. The van der Waals surface area contributed by atoms with Crippen molar-refractivity contribution in [3.8, 4) is 0 Å². The van der Waals surface area contributed by atoms with Gasteiger partial charge in [-0.15, -0.1) is 0 Å². The van der Waals surface area contributed by atoms with E-state index >= 15 is 0 Å². The summed E-state index contributed by atoms with van der Waals surface area (Å²) in [7, 11) is 1.64. The van der Waals surface area contributed by atoms with Crippen LogP contribution in [-0.2, 0) is 6.54 Å². The van der Waals surface area contributed by atoms with Gasteiger partial charge in [-0.3, -0.25) is 4.79 Å². The number of hydrogen-bond acceptors (Lipinski definition) is 3. The summed E-state index contributed by atoms with van der Waals surface area (Å²) in [4.78, 5) is 13.7. The zero-order chi connectivity index (χ0) is 14.0. The van der Waals surface area contributed by atoms with Crippen LogP contribution in [0.5, 0.6) is 0 Å². The van der Waals surface area contributed by atoms with Crippen LogP contribution in [0.15, 0.2) is 16.7 Å². The minimum atomic E-state index is -2.58. The fourth-order valence-electron chi connectivity index (χ4n) is 2.38. The van der Waals surface area contributed by atoms with Crippen LogP contribution in [-0.4, -0.2) is 29.8 Å². The highest BCUT2D eigenvalue weighted by Gasteiger charge is 2.37. The summed E-state index contributed by atoms with van der Waals surface area (Å²) in [5.41, 5.74) is 5.83. The maximum atomic E-state index is 13.1. The van der Waals surface area contributed by atoms with Crippen LogP contribution >= 0.6 is 0 Å². The number of carbonyl (C=O) groups is 1. The molecule has 0 aromatic carbocycles. The molecule has 2 N–H and O–H groups in total. The Morgan fingerprint density at radius 3 is 2.68 bits per heavy atom. The Bertz CT molecular complexity index is 449. The molecule has 19 heavy (non-hydrogen) atoms. The van der Waals surface area contributed by atoms with Gasteiger partial charge in [-0.2, -0.15) is 0 Å². The second-order valence-electron chi connectivity index (χ2n) is 5.01. The van der Waals surface area contributed by atoms with Crippen molar-refractivity contribution in [3.63, 3.8) is 0 Å². The maximum absolute atomic E-state index is 13.1. The van der Waals surface area contributed by atoms with Crippen molar-refractivity contribution in [2.24, 2.45) is 5.73 Å². The minimum Gasteiger partial charge on any atom is -0.467 e. The summed E-state index contributed by atoms with van der Waals surface area (Å²) in [6, 6.07) is 1.46. The Kier molecular flexibility index (Phi) is 3.89. The van der Waals surface area contributed by atoms with E-state index in [0.717, 1.165) is 0 Å². The average Bonchev–Trinajstić information content (AvgIpc) is 2.86. The van der Waals surface area contributed by atoms with E-state index in [1.165, 1.54) is 11.2 Å². The Morgan fingerprint density at radius 1 is 1.53 bits per heavy atom. The van der Waals surface area contributed by atoms with Crippen molar-refractivity contribution in [1.82, 2.24) is 4.90 Å². The molecule has 0 saturated heterocycles. The molecule has 106 valence electrons. The highest BCUT2D eigenvalue weighted by molar-refractivity contribution is 5.94. The monoisotopic (exact) mass is 272 g/mol. The molecule has 0 bridgehead atoms. The van der Waals surface area contributed by atoms with Crippen LogP contribution in [0, 0.1) is 0 Å². The van der Waals surface area contributed by atoms with Crippen LogP contribution in [0.3, 0.4) is 0 Å². The minimum absolute atomic E-state index is 0.136. The summed E-state index contributed by atoms with van der Waals surface area (Å²) < 4.78 is 31.3. The molecule has 0 spiro atoms. The molecular weight excluding hydrogens is 254 g/mol. The zero-order valence-electron chi connectivity index (χ0n) is 10.9. The van der Waals surface area contributed by atoms with E-state index in [2.05, 4.69) is 0 Å². The number of nitrogens with two attached hydrogens (primary N) is 1. The van der Waals surface area contributed by atoms with Crippen molar-refractivity contribution < 1.29 is 18.0 Å². The lowest BCUT2D eigenvalue weighted by atomic mass is 9.91. The molecule has 1 fully saturated rings. The van der Waals surface area contributed by atoms with E-state index in [0.29, 0.717) is 24.2 Å². The quantitative estimate of drug-likeness (QED) is 0.919. The van der Waals surface area contributed by atoms with E-state index < -0.39 is 5.92 Å². The molecule has 6 heteroatoms. The fraction of sp³-hybridized carbons (Fsp3) is 0.615. The second-order valence-corrected chi connectivity index (χ2v) is 5.01. The summed E-state index contributed by atoms with van der Waals surface area (Å²) in [5, 5.41) is 0. The average molecular weight is 272 g/mol. The molecule has 1 saturated carbocycles. The van der Waals surface area contributed by atoms with Gasteiger partial charge in [0, 0.05) is 25.9 Å². The number of furan rings is 1. The lowest BCUT2D eigenvalue weighted by molar-refractivity contribution is -0.0490. The SMILES string of the molecule is CN(C(=O)c1coc(CN)c1)C1CCC(F)(F)CC1. The molecule has 1 aliphatic rings. The lowest BCUT2D eigenvalue weighted by Gasteiger charge is -2.34. The molecule has 1 amide bonds. The van der Waals surface area contributed by atoms with Gasteiger partial charge in [0.25, 0.3) is 5.91 Å². The molecule has 1 aromatic heterocycles. The third kappa shape index (κ3) is 3.12. The lowest BCUT2D eigenvalue weighted by Crippen LogP contribution is -2.41. The molecule has 1 heterocycles. The van der Waals surface area contributed by atoms with Gasteiger partial charge in [0.15, 0.2) is 0 Å². The number of halogens is 2. The van der Waals surface area contributed by atoms with Gasteiger partial charge in [-0.1, -0.05) is 0 Å². The molecule has 0 unspecified atom stereocenters. The predicted molar refractivity (Wildman–Crippen MR) is 65.9 cm³/mol. The van der Waals surface area contributed by atoms with E-state index in [4.69, 9.17) is 10.2 Å². The first-order chi connectivity index (χ1) is 8.93. The zero-order valence-corrected chi connectivity index (χ0v) is 10.9. The van der Waals surface area contributed by atoms with Crippen molar-refractivity contribution in [2.75, 3.05) is 7.05 Å². The smallest absolute Gasteiger partial charge is 0.257 e. The molecule has 0 radical (unpaired) electrons. The van der Waals surface area contributed by atoms with Gasteiger partial charge >= 0.3 is 0 Å². The second kappa shape index (κ2) is 5.28. The first-order valence-electron chi connectivity index (χ1n) is 6.35. The van der Waals surface area contributed by atoms with Crippen molar-refractivity contribution in [2.45, 2.75) is 44.2 Å². The summed E-state index contributed by atoms with van der Waals surface area (Å²) in [5.74, 6) is -2.26. The normalized spacial score (nSPS) is 19.4. The van der Waals surface area contributed by atoms with Crippen LogP contribution in [0.1, 0.15) is 41.8 Å². The van der Waals surface area contributed by atoms with Crippen LogP contribution in [0.4, 0.5) is 8.78 Å². The van der Waals surface area contributed by atoms with E-state index in [9.17, 15) is 13.6 Å². The van der Waals surface area contributed by atoms with Crippen LogP contribution in [0.25, 0.3) is 0 Å². The van der Waals surface area contributed by atoms with Gasteiger partial charge in [-0.05, 0) is 18.9 Å². The van der Waals surface area contributed by atoms with E-state index in [1.54, 1.807) is 13.1 Å². The van der Waals surface area contributed by atoms with Gasteiger partial charge in [-0.25, -0.2) is 8.78 Å². The van der Waals surface area contributed by atoms with Crippen molar-refractivity contribution >= 4 is 5.91 Å². The Balaban J connectivity index is 1.99. The number of alkyl halides is 2. The summed E-state index contributed by atoms with van der Waals surface area (Å²) >= 11 is 0. The van der Waals surface area contributed by atoms with E-state index in [-0.39, 0.29) is 31.3 Å². The number of carbonyl (C=O) groups excluding carboxylic acids is 1. The first-order valence-corrected chi connectivity index (χ1v) is 6.35. The summed E-state index contributed by atoms with van der Waals surface area (Å²) in [6.45, 7) is 0.229. The third-order valence-electron chi connectivity index (χ3n) is 3.66. The molecular formula is C13H18F2N2O2. The molecule has 1 aromatic rings. The van der Waals surface area contributed by atoms with Gasteiger partial charge in [0.2, 0.25) is 5.92 Å². The first kappa shape index (κ1) is 14.0. The van der Waals surface area contributed by atoms with Crippen molar-refractivity contribution in [3.05, 3.63) is 23.7 Å². The summed E-state index contributed by atoms with van der Waals surface area (Å²) in [6.07, 6.45) is 1.70. The number of rotatable bonds is 3. The molecule has 1 aliphatic carbocycles. The fourth-order valence-corrected chi connectivity index (χ4v) is 2.38. The van der Waals surface area contributed by atoms with Gasteiger partial charge in [0.05, 0.1) is 12.1 Å². The van der Waals surface area contributed by atoms with Gasteiger partial charge in [0.1, 0.15) is 12.0 Å². The standard InChI is InChI=1S/C13H18F2N2O2/c1-17(10-2-4-13(14,15)5-3-10)12(18)9-6-11(7-16)19-8-9/h6,8,10H,2-5,7,16H2,1H3. The maximum Gasteiger partial charge on any atom is 0.257 e. The number of hydrogen-bond donors (Lipinski definition) is 1. The third-order valence-corrected chi connectivity index (χ3v) is 3.66. The molecule has 4 nitrogen and oxygen atoms in total. The van der Waals surface area contributed by atoms with Crippen LogP contribution in [0.2, 0.25) is 0 Å². The van der Waals surface area contributed by atoms with Gasteiger partial charge < -0.3 is 15.1 Å². The van der Waals surface area contributed by atoms with E-state index in [1.807, 2.05) is 0 Å². The Morgan fingerprint density at radius 2 is 2.16 bits per heavy atom. The molecule has 0 aliphatic heterocycles. The predicted octanol–water partition coefficient (Wildman–Crippen LogP) is 2.39. The highest BCUT2D eigenvalue weighted by Crippen LogP contribution is 2.35. The number of nitrogens with zero attached hydrogens (tertiary/aromatic N) is 1. The number of amides is 1. The van der Waals surface area contributed by atoms with Crippen LogP contribution < -0.4 is 5.73 Å². The molecule has 0 atom stereocenters. The Hall–Kier alpha value is -1.43. The molecule has 2 rings (SSSR count). The topological polar surface area (TPSA) is 59.5 Å².